The summed E-state index contributed by atoms with van der Waals surface area (Å²) in [7, 11) is 0. The van der Waals surface area contributed by atoms with Crippen LogP contribution in [0.25, 0.3) is 0 Å². The van der Waals surface area contributed by atoms with E-state index >= 15 is 0 Å². The van der Waals surface area contributed by atoms with Crippen LogP contribution in [-0.2, 0) is 6.54 Å². The maximum Gasteiger partial charge on any atom is 0.356 e. The Morgan fingerprint density at radius 1 is 1.20 bits per heavy atom. The van der Waals surface area contributed by atoms with Crippen LogP contribution in [0.2, 0.25) is 0 Å². The molecule has 0 spiro atoms. The Hall–Kier alpha value is -2.67. The van der Waals surface area contributed by atoms with Crippen LogP contribution >= 0.6 is 0 Å². The van der Waals surface area contributed by atoms with Crippen LogP contribution in [-0.4, -0.2) is 52.2 Å². The lowest BCUT2D eigenvalue weighted by molar-refractivity contribution is 0.0690. The number of nitrogens with zero attached hydrogens (tertiary/aromatic N) is 3. The minimum Gasteiger partial charge on any atom is -0.492 e. The Morgan fingerprint density at radius 2 is 1.96 bits per heavy atom. The van der Waals surface area contributed by atoms with Gasteiger partial charge in [-0.3, -0.25) is 0 Å². The standard InChI is InChI=1S/C18H24N4O3/c1-3-22(4-2)9-10-25-16-8-6-5-7-14(16)11-20-17-13-19-15(12-21-17)18(23)24/h5-8,12-13H,3-4,9-11H2,1-2H3,(H,20,21)(H,23,24). The van der Waals surface area contributed by atoms with Gasteiger partial charge in [0.25, 0.3) is 0 Å². The number of carboxylic acid groups (broad SMARTS) is 1. The molecular formula is C18H24N4O3. The number of carboxylic acids is 1. The third-order valence-electron chi connectivity index (χ3n) is 3.86. The molecule has 0 amide bonds. The molecule has 0 aliphatic rings. The van der Waals surface area contributed by atoms with E-state index < -0.39 is 5.97 Å². The first kappa shape index (κ1) is 18.7. The first-order valence-corrected chi connectivity index (χ1v) is 8.36. The molecular weight excluding hydrogens is 320 g/mol. The predicted molar refractivity (Wildman–Crippen MR) is 96.0 cm³/mol. The van der Waals surface area contributed by atoms with E-state index in [4.69, 9.17) is 9.84 Å². The second-order valence-corrected chi connectivity index (χ2v) is 5.43. The van der Waals surface area contributed by atoms with Crippen molar-refractivity contribution >= 4 is 11.8 Å². The van der Waals surface area contributed by atoms with Crippen molar-refractivity contribution in [2.24, 2.45) is 0 Å². The van der Waals surface area contributed by atoms with E-state index in [-0.39, 0.29) is 5.69 Å². The highest BCUT2D eigenvalue weighted by Gasteiger charge is 2.07. The summed E-state index contributed by atoms with van der Waals surface area (Å²) in [5.41, 5.74) is 0.928. The molecule has 2 N–H and O–H groups in total. The lowest BCUT2D eigenvalue weighted by atomic mass is 10.2. The number of benzene rings is 1. The van der Waals surface area contributed by atoms with Gasteiger partial charge in [-0.25, -0.2) is 14.8 Å². The normalized spacial score (nSPS) is 10.7. The average Bonchev–Trinajstić information content (AvgIpc) is 2.64. The Balaban J connectivity index is 1.92. The second kappa shape index (κ2) is 9.58. The molecule has 25 heavy (non-hydrogen) atoms. The second-order valence-electron chi connectivity index (χ2n) is 5.43. The molecule has 1 heterocycles. The summed E-state index contributed by atoms with van der Waals surface area (Å²) in [5.74, 6) is 0.256. The van der Waals surface area contributed by atoms with Crippen molar-refractivity contribution < 1.29 is 14.6 Å². The van der Waals surface area contributed by atoms with E-state index in [1.807, 2.05) is 24.3 Å². The van der Waals surface area contributed by atoms with Gasteiger partial charge in [0.15, 0.2) is 5.69 Å². The molecule has 0 aliphatic carbocycles. The van der Waals surface area contributed by atoms with Crippen molar-refractivity contribution in [1.82, 2.24) is 14.9 Å². The summed E-state index contributed by atoms with van der Waals surface area (Å²) in [6, 6.07) is 7.82. The Kier molecular flexibility index (Phi) is 7.16. The lowest BCUT2D eigenvalue weighted by Crippen LogP contribution is -2.28. The fraction of sp³-hybridized carbons (Fsp3) is 0.389. The minimum absolute atomic E-state index is 0.0781. The third kappa shape index (κ3) is 5.72. The highest BCUT2D eigenvalue weighted by atomic mass is 16.5. The van der Waals surface area contributed by atoms with Gasteiger partial charge in [-0.05, 0) is 19.2 Å². The van der Waals surface area contributed by atoms with Crippen molar-refractivity contribution in [3.05, 3.63) is 47.9 Å². The topological polar surface area (TPSA) is 87.6 Å². The molecule has 0 unspecified atom stereocenters. The number of ether oxygens (including phenoxy) is 1. The van der Waals surface area contributed by atoms with E-state index in [0.29, 0.717) is 19.0 Å². The van der Waals surface area contributed by atoms with Gasteiger partial charge in [-0.1, -0.05) is 32.0 Å². The highest BCUT2D eigenvalue weighted by Crippen LogP contribution is 2.19. The maximum atomic E-state index is 10.8. The fourth-order valence-corrected chi connectivity index (χ4v) is 2.33. The van der Waals surface area contributed by atoms with Crippen molar-refractivity contribution in [3.63, 3.8) is 0 Å². The summed E-state index contributed by atoms with van der Waals surface area (Å²) in [6.07, 6.45) is 2.64. The summed E-state index contributed by atoms with van der Waals surface area (Å²) >= 11 is 0. The predicted octanol–water partition coefficient (Wildman–Crippen LogP) is 2.51. The number of aromatic carboxylic acids is 1. The van der Waals surface area contributed by atoms with Crippen LogP contribution in [0.5, 0.6) is 5.75 Å². The largest absolute Gasteiger partial charge is 0.492 e. The number of carbonyl (C=O) groups is 1. The molecule has 2 aromatic rings. The molecule has 7 heteroatoms. The molecule has 0 radical (unpaired) electrons. The number of likely N-dealkylation sites (N-methyl/N-ethyl adjacent to an activating group) is 1. The minimum atomic E-state index is -1.09. The number of hydrogen-bond donors (Lipinski definition) is 2. The van der Waals surface area contributed by atoms with Gasteiger partial charge in [-0.2, -0.15) is 0 Å². The molecule has 0 atom stereocenters. The SMILES string of the molecule is CCN(CC)CCOc1ccccc1CNc1cnc(C(=O)O)cn1. The van der Waals surface area contributed by atoms with Crippen molar-refractivity contribution in [2.45, 2.75) is 20.4 Å². The van der Waals surface area contributed by atoms with Gasteiger partial charge in [0.1, 0.15) is 18.2 Å². The number of rotatable bonds is 10. The zero-order chi connectivity index (χ0) is 18.1. The molecule has 1 aromatic carbocycles. The Labute approximate surface area is 147 Å². The van der Waals surface area contributed by atoms with Crippen LogP contribution in [0.15, 0.2) is 36.7 Å². The molecule has 0 aliphatic heterocycles. The summed E-state index contributed by atoms with van der Waals surface area (Å²) < 4.78 is 5.91. The summed E-state index contributed by atoms with van der Waals surface area (Å²) in [5, 5.41) is 12.0. The number of hydrogen-bond acceptors (Lipinski definition) is 6. The summed E-state index contributed by atoms with van der Waals surface area (Å²) in [4.78, 5) is 21.0. The zero-order valence-corrected chi connectivity index (χ0v) is 14.6. The highest BCUT2D eigenvalue weighted by molar-refractivity contribution is 5.84. The maximum absolute atomic E-state index is 10.8. The van der Waals surface area contributed by atoms with Gasteiger partial charge in [0.2, 0.25) is 0 Å². The van der Waals surface area contributed by atoms with Gasteiger partial charge in [-0.15, -0.1) is 0 Å². The summed E-state index contributed by atoms with van der Waals surface area (Å²) in [6.45, 7) is 8.32. The quantitative estimate of drug-likeness (QED) is 0.684. The van der Waals surface area contributed by atoms with Crippen molar-refractivity contribution in [1.29, 1.82) is 0 Å². The van der Waals surface area contributed by atoms with Gasteiger partial charge in [0, 0.05) is 18.7 Å². The van der Waals surface area contributed by atoms with Crippen LogP contribution in [0.4, 0.5) is 5.82 Å². The van der Waals surface area contributed by atoms with E-state index in [1.165, 1.54) is 12.4 Å². The zero-order valence-electron chi connectivity index (χ0n) is 14.6. The molecule has 2 rings (SSSR count). The molecule has 7 nitrogen and oxygen atoms in total. The number of nitrogens with one attached hydrogen (secondary N) is 1. The van der Waals surface area contributed by atoms with Crippen LogP contribution in [0, 0.1) is 0 Å². The lowest BCUT2D eigenvalue weighted by Gasteiger charge is -2.19. The van der Waals surface area contributed by atoms with Crippen molar-refractivity contribution in [2.75, 3.05) is 31.6 Å². The number of anilines is 1. The number of aromatic nitrogens is 2. The Morgan fingerprint density at radius 3 is 2.60 bits per heavy atom. The first-order valence-electron chi connectivity index (χ1n) is 8.36. The average molecular weight is 344 g/mol. The molecule has 0 fully saturated rings. The third-order valence-corrected chi connectivity index (χ3v) is 3.86. The molecule has 0 saturated heterocycles. The van der Waals surface area contributed by atoms with Crippen LogP contribution in [0.3, 0.4) is 0 Å². The molecule has 1 aromatic heterocycles. The van der Waals surface area contributed by atoms with Crippen molar-refractivity contribution in [3.8, 4) is 5.75 Å². The van der Waals surface area contributed by atoms with Gasteiger partial charge >= 0.3 is 5.97 Å². The number of para-hydroxylation sites is 1. The first-order chi connectivity index (χ1) is 12.1. The van der Waals surface area contributed by atoms with E-state index in [9.17, 15) is 4.79 Å². The van der Waals surface area contributed by atoms with Crippen LogP contribution < -0.4 is 10.1 Å². The molecule has 134 valence electrons. The fourth-order valence-electron chi connectivity index (χ4n) is 2.33. The van der Waals surface area contributed by atoms with Gasteiger partial charge < -0.3 is 20.1 Å². The smallest absolute Gasteiger partial charge is 0.356 e. The monoisotopic (exact) mass is 344 g/mol. The van der Waals surface area contributed by atoms with E-state index in [2.05, 4.69) is 34.0 Å². The van der Waals surface area contributed by atoms with Crippen LogP contribution in [0.1, 0.15) is 29.9 Å². The molecule has 0 saturated carbocycles. The van der Waals surface area contributed by atoms with E-state index in [0.717, 1.165) is 30.9 Å². The Bertz CT molecular complexity index is 672. The van der Waals surface area contributed by atoms with E-state index in [1.54, 1.807) is 0 Å². The molecule has 0 bridgehead atoms. The van der Waals surface area contributed by atoms with Gasteiger partial charge in [0.05, 0.1) is 12.4 Å².